The normalized spacial score (nSPS) is 11.6. The average Bonchev–Trinajstić information content (AvgIpc) is 3.71. The molecule has 0 aliphatic carbocycles. The van der Waals surface area contributed by atoms with Gasteiger partial charge in [0.1, 0.15) is 0 Å². The van der Waals surface area contributed by atoms with Crippen molar-refractivity contribution in [3.63, 3.8) is 0 Å². The number of aromatic nitrogens is 3. The lowest BCUT2D eigenvalue weighted by Crippen LogP contribution is -1.94. The zero-order chi connectivity index (χ0) is 33.0. The average molecular weight is 638 g/mol. The molecule has 0 atom stereocenters. The minimum absolute atomic E-state index is 1.11. The highest BCUT2D eigenvalue weighted by atomic mass is 15.0. The Morgan fingerprint density at radius 1 is 0.300 bits per heavy atom. The van der Waals surface area contributed by atoms with Crippen molar-refractivity contribution in [2.24, 2.45) is 0 Å². The van der Waals surface area contributed by atoms with Gasteiger partial charge in [-0.15, -0.1) is 0 Å². The van der Waals surface area contributed by atoms with E-state index in [1.807, 2.05) is 18.5 Å². The predicted molar refractivity (Wildman–Crippen MR) is 209 cm³/mol. The molecule has 234 valence electrons. The Hall–Kier alpha value is -6.71. The summed E-state index contributed by atoms with van der Waals surface area (Å²) < 4.78 is 4.77. The van der Waals surface area contributed by atoms with Crippen LogP contribution >= 0.6 is 0 Å². The molecule has 50 heavy (non-hydrogen) atoms. The maximum atomic E-state index is 4.39. The van der Waals surface area contributed by atoms with Crippen LogP contribution in [0.5, 0.6) is 0 Å². The van der Waals surface area contributed by atoms with Gasteiger partial charge in [-0.2, -0.15) is 0 Å². The second-order valence-electron chi connectivity index (χ2n) is 12.9. The standard InChI is InChI=1S/C47H31N3/c1-3-10-32(11-4-1)33-17-22-39(23-18-33)50-44-16-8-7-15-40(44)41-28-34(19-24-45(41)50)35-20-25-46-42(29-35)43-30-36(37-12-9-27-48-31-37)21-26-47(43)49(46)38-13-5-2-6-14-38/h1-31H. The van der Waals surface area contributed by atoms with Gasteiger partial charge in [0.15, 0.2) is 0 Å². The van der Waals surface area contributed by atoms with E-state index >= 15 is 0 Å². The molecule has 7 aromatic carbocycles. The molecule has 0 unspecified atom stereocenters. The minimum atomic E-state index is 1.11. The van der Waals surface area contributed by atoms with E-state index in [0.717, 1.165) is 22.5 Å². The summed E-state index contributed by atoms with van der Waals surface area (Å²) in [5.74, 6) is 0. The molecular formula is C47H31N3. The van der Waals surface area contributed by atoms with Crippen molar-refractivity contribution < 1.29 is 0 Å². The van der Waals surface area contributed by atoms with Crippen molar-refractivity contribution in [3.8, 4) is 44.8 Å². The Labute approximate surface area is 290 Å². The third-order valence-corrected chi connectivity index (χ3v) is 10.0. The molecule has 0 aliphatic rings. The summed E-state index contributed by atoms with van der Waals surface area (Å²) in [5.41, 5.74) is 14.2. The number of hydrogen-bond acceptors (Lipinski definition) is 1. The molecule has 0 fully saturated rings. The first-order valence-corrected chi connectivity index (χ1v) is 17.0. The molecule has 0 bridgehead atoms. The Kier molecular flexibility index (Phi) is 6.49. The third kappa shape index (κ3) is 4.56. The van der Waals surface area contributed by atoms with E-state index < -0.39 is 0 Å². The lowest BCUT2D eigenvalue weighted by molar-refractivity contribution is 1.18. The first-order chi connectivity index (χ1) is 24.8. The van der Waals surface area contributed by atoms with Crippen molar-refractivity contribution in [1.29, 1.82) is 0 Å². The fourth-order valence-corrected chi connectivity index (χ4v) is 7.64. The van der Waals surface area contributed by atoms with E-state index in [-0.39, 0.29) is 0 Å². The number of rotatable bonds is 5. The van der Waals surface area contributed by atoms with Crippen LogP contribution < -0.4 is 0 Å². The van der Waals surface area contributed by atoms with E-state index in [2.05, 4.69) is 184 Å². The molecule has 3 heteroatoms. The number of benzene rings is 7. The fourth-order valence-electron chi connectivity index (χ4n) is 7.64. The fraction of sp³-hybridized carbons (Fsp3) is 0. The molecule has 10 rings (SSSR count). The van der Waals surface area contributed by atoms with Crippen molar-refractivity contribution in [2.75, 3.05) is 0 Å². The molecule has 0 saturated heterocycles. The molecule has 10 aromatic rings. The van der Waals surface area contributed by atoms with Crippen molar-refractivity contribution in [2.45, 2.75) is 0 Å². The van der Waals surface area contributed by atoms with Gasteiger partial charge in [0.25, 0.3) is 0 Å². The number of pyridine rings is 1. The maximum absolute atomic E-state index is 4.39. The smallest absolute Gasteiger partial charge is 0.0541 e. The Balaban J connectivity index is 1.14. The van der Waals surface area contributed by atoms with Crippen LogP contribution in [0.3, 0.4) is 0 Å². The van der Waals surface area contributed by atoms with Gasteiger partial charge in [0.2, 0.25) is 0 Å². The second kappa shape index (κ2) is 11.5. The molecule has 0 aliphatic heterocycles. The molecule has 0 saturated carbocycles. The summed E-state index contributed by atoms with van der Waals surface area (Å²) in [4.78, 5) is 4.39. The van der Waals surface area contributed by atoms with Crippen LogP contribution in [0.1, 0.15) is 0 Å². The van der Waals surface area contributed by atoms with Crippen LogP contribution in [0.25, 0.3) is 88.4 Å². The van der Waals surface area contributed by atoms with Gasteiger partial charge >= 0.3 is 0 Å². The Morgan fingerprint density at radius 3 is 1.34 bits per heavy atom. The lowest BCUT2D eigenvalue weighted by atomic mass is 9.99. The summed E-state index contributed by atoms with van der Waals surface area (Å²) in [6, 6.07) is 63.6. The highest BCUT2D eigenvalue weighted by Gasteiger charge is 2.17. The van der Waals surface area contributed by atoms with Crippen LogP contribution in [0, 0.1) is 0 Å². The first-order valence-electron chi connectivity index (χ1n) is 17.0. The van der Waals surface area contributed by atoms with Crippen molar-refractivity contribution in [3.05, 3.63) is 188 Å². The highest BCUT2D eigenvalue weighted by molar-refractivity contribution is 6.13. The zero-order valence-electron chi connectivity index (χ0n) is 27.2. The first kappa shape index (κ1) is 28.3. The van der Waals surface area contributed by atoms with E-state index in [9.17, 15) is 0 Å². The van der Waals surface area contributed by atoms with Crippen LogP contribution in [0.15, 0.2) is 188 Å². The van der Waals surface area contributed by atoms with Crippen molar-refractivity contribution in [1.82, 2.24) is 14.1 Å². The van der Waals surface area contributed by atoms with E-state index in [1.165, 1.54) is 65.9 Å². The van der Waals surface area contributed by atoms with Gasteiger partial charge < -0.3 is 9.13 Å². The van der Waals surface area contributed by atoms with Gasteiger partial charge in [-0.05, 0) is 101 Å². The van der Waals surface area contributed by atoms with E-state index in [4.69, 9.17) is 0 Å². The largest absolute Gasteiger partial charge is 0.309 e. The third-order valence-electron chi connectivity index (χ3n) is 10.0. The number of nitrogens with zero attached hydrogens (tertiary/aromatic N) is 3. The topological polar surface area (TPSA) is 22.8 Å². The number of hydrogen-bond donors (Lipinski definition) is 0. The monoisotopic (exact) mass is 637 g/mol. The van der Waals surface area contributed by atoms with Crippen LogP contribution in [0.2, 0.25) is 0 Å². The lowest BCUT2D eigenvalue weighted by Gasteiger charge is -2.10. The van der Waals surface area contributed by atoms with Gasteiger partial charge in [0, 0.05) is 50.9 Å². The molecule has 3 aromatic heterocycles. The summed E-state index contributed by atoms with van der Waals surface area (Å²) >= 11 is 0. The SMILES string of the molecule is c1ccc(-c2ccc(-n3c4ccccc4c4cc(-c5ccc6c(c5)c5cc(-c7cccnc7)ccc5n6-c5ccccc5)ccc43)cc2)cc1. The predicted octanol–water partition coefficient (Wildman–Crippen LogP) is 12.3. The summed E-state index contributed by atoms with van der Waals surface area (Å²) in [5, 5.41) is 4.95. The van der Waals surface area contributed by atoms with Crippen LogP contribution in [-0.2, 0) is 0 Å². The molecule has 0 spiro atoms. The number of para-hydroxylation sites is 2. The summed E-state index contributed by atoms with van der Waals surface area (Å²) in [6.45, 7) is 0. The molecule has 0 amide bonds. The molecule has 0 N–H and O–H groups in total. The Morgan fingerprint density at radius 2 is 0.740 bits per heavy atom. The minimum Gasteiger partial charge on any atom is -0.309 e. The molecule has 0 radical (unpaired) electrons. The second-order valence-corrected chi connectivity index (χ2v) is 12.9. The maximum Gasteiger partial charge on any atom is 0.0541 e. The van der Waals surface area contributed by atoms with Gasteiger partial charge in [-0.1, -0.05) is 103 Å². The summed E-state index contributed by atoms with van der Waals surface area (Å²) in [7, 11) is 0. The molecular weight excluding hydrogens is 607 g/mol. The molecule has 3 heterocycles. The number of fused-ring (bicyclic) bond motifs is 6. The van der Waals surface area contributed by atoms with E-state index in [0.29, 0.717) is 0 Å². The summed E-state index contributed by atoms with van der Waals surface area (Å²) in [6.07, 6.45) is 3.76. The quantitative estimate of drug-likeness (QED) is 0.184. The zero-order valence-corrected chi connectivity index (χ0v) is 27.2. The van der Waals surface area contributed by atoms with Gasteiger partial charge in [-0.25, -0.2) is 0 Å². The molecule has 3 nitrogen and oxygen atoms in total. The van der Waals surface area contributed by atoms with Gasteiger partial charge in [0.05, 0.1) is 22.1 Å². The Bertz CT molecular complexity index is 2830. The van der Waals surface area contributed by atoms with Gasteiger partial charge in [-0.3, -0.25) is 4.98 Å². The highest BCUT2D eigenvalue weighted by Crippen LogP contribution is 2.39. The van der Waals surface area contributed by atoms with Crippen LogP contribution in [-0.4, -0.2) is 14.1 Å². The van der Waals surface area contributed by atoms with E-state index in [1.54, 1.807) is 0 Å². The van der Waals surface area contributed by atoms with Crippen LogP contribution in [0.4, 0.5) is 0 Å². The van der Waals surface area contributed by atoms with Crippen molar-refractivity contribution >= 4 is 43.6 Å².